The highest BCUT2D eigenvalue weighted by Crippen LogP contribution is 2.35. The van der Waals surface area contributed by atoms with E-state index in [-0.39, 0.29) is 11.8 Å². The molecule has 0 radical (unpaired) electrons. The Morgan fingerprint density at radius 2 is 1.94 bits per heavy atom. The van der Waals surface area contributed by atoms with Gasteiger partial charge in [0, 0.05) is 16.7 Å². The molecule has 102 valence electrons. The van der Waals surface area contributed by atoms with Gasteiger partial charge < -0.3 is 5.32 Å². The summed E-state index contributed by atoms with van der Waals surface area (Å²) in [5, 5.41) is 3.20. The molecule has 0 amide bonds. The quantitative estimate of drug-likeness (QED) is 0.805. The van der Waals surface area contributed by atoms with E-state index in [2.05, 4.69) is 5.32 Å². The average Bonchev–Trinajstić information content (AvgIpc) is 2.25. The van der Waals surface area contributed by atoms with Crippen LogP contribution in [0.15, 0.2) is 23.1 Å². The van der Waals surface area contributed by atoms with Crippen molar-refractivity contribution in [3.05, 3.63) is 29.3 Å². The highest BCUT2D eigenvalue weighted by Gasteiger charge is 2.33. The summed E-state index contributed by atoms with van der Waals surface area (Å²) < 4.78 is 38.9. The van der Waals surface area contributed by atoms with E-state index in [0.29, 0.717) is 17.0 Å². The molecule has 1 rings (SSSR count). The zero-order chi connectivity index (χ0) is 13.8. The van der Waals surface area contributed by atoms with Gasteiger partial charge >= 0.3 is 6.18 Å². The molecule has 1 aromatic rings. The number of thioether (sulfide) groups is 1. The first kappa shape index (κ1) is 15.4. The Morgan fingerprint density at radius 1 is 1.28 bits per heavy atom. The lowest BCUT2D eigenvalue weighted by atomic mass is 10.1. The fourth-order valence-corrected chi connectivity index (χ4v) is 2.46. The summed E-state index contributed by atoms with van der Waals surface area (Å²) in [6.07, 6.45) is -4.29. The number of hydrogen-bond donors (Lipinski definition) is 1. The van der Waals surface area contributed by atoms with Crippen molar-refractivity contribution in [3.8, 4) is 0 Å². The van der Waals surface area contributed by atoms with Crippen LogP contribution in [0, 0.1) is 0 Å². The van der Waals surface area contributed by atoms with Gasteiger partial charge in [-0.3, -0.25) is 0 Å². The van der Waals surface area contributed by atoms with E-state index in [1.807, 2.05) is 20.8 Å². The fourth-order valence-electron chi connectivity index (χ4n) is 1.58. The zero-order valence-electron chi connectivity index (χ0n) is 10.8. The van der Waals surface area contributed by atoms with E-state index in [0.717, 1.165) is 0 Å². The number of benzene rings is 1. The Bertz CT molecular complexity index is 388. The summed E-state index contributed by atoms with van der Waals surface area (Å²) >= 11 is 1.44. The molecular formula is C13H18F3NS. The minimum atomic E-state index is -4.29. The van der Waals surface area contributed by atoms with Gasteiger partial charge in [0.25, 0.3) is 0 Å². The highest BCUT2D eigenvalue weighted by molar-refractivity contribution is 7.99. The molecular weight excluding hydrogens is 259 g/mol. The standard InChI is InChI=1S/C13H18F3NS/c1-4-17-8-10-5-6-11(18-9(2)3)7-12(10)13(14,15)16/h5-7,9,17H,4,8H2,1-3H3. The Kier molecular flexibility index (Phi) is 5.53. The van der Waals surface area contributed by atoms with Crippen LogP contribution < -0.4 is 5.32 Å². The summed E-state index contributed by atoms with van der Waals surface area (Å²) in [7, 11) is 0. The third-order valence-electron chi connectivity index (χ3n) is 2.32. The summed E-state index contributed by atoms with van der Waals surface area (Å²) in [5.74, 6) is 0. The van der Waals surface area contributed by atoms with Crippen LogP contribution in [0.3, 0.4) is 0 Å². The highest BCUT2D eigenvalue weighted by atomic mass is 32.2. The van der Waals surface area contributed by atoms with Crippen molar-refractivity contribution in [2.75, 3.05) is 6.54 Å². The van der Waals surface area contributed by atoms with Crippen LogP contribution in [-0.2, 0) is 12.7 Å². The Labute approximate surface area is 110 Å². The van der Waals surface area contributed by atoms with Crippen molar-refractivity contribution in [2.24, 2.45) is 0 Å². The minimum absolute atomic E-state index is 0.248. The first-order chi connectivity index (χ1) is 8.34. The van der Waals surface area contributed by atoms with Crippen LogP contribution in [0.4, 0.5) is 13.2 Å². The SMILES string of the molecule is CCNCc1ccc(SC(C)C)cc1C(F)(F)F. The largest absolute Gasteiger partial charge is 0.416 e. The van der Waals surface area contributed by atoms with Gasteiger partial charge in [0.15, 0.2) is 0 Å². The van der Waals surface area contributed by atoms with Gasteiger partial charge in [-0.2, -0.15) is 13.2 Å². The van der Waals surface area contributed by atoms with Crippen LogP contribution in [0.2, 0.25) is 0 Å². The lowest BCUT2D eigenvalue weighted by Crippen LogP contribution is -2.17. The first-order valence-corrected chi connectivity index (χ1v) is 6.80. The van der Waals surface area contributed by atoms with Crippen LogP contribution in [-0.4, -0.2) is 11.8 Å². The molecule has 0 fully saturated rings. The van der Waals surface area contributed by atoms with E-state index in [9.17, 15) is 13.2 Å². The van der Waals surface area contributed by atoms with E-state index < -0.39 is 11.7 Å². The molecule has 1 aromatic carbocycles. The van der Waals surface area contributed by atoms with Crippen molar-refractivity contribution in [2.45, 2.75) is 43.6 Å². The predicted molar refractivity (Wildman–Crippen MR) is 69.8 cm³/mol. The summed E-state index contributed by atoms with van der Waals surface area (Å²) in [6, 6.07) is 4.57. The molecule has 0 aromatic heterocycles. The topological polar surface area (TPSA) is 12.0 Å². The van der Waals surface area contributed by atoms with E-state index in [1.54, 1.807) is 12.1 Å². The molecule has 0 heterocycles. The third kappa shape index (κ3) is 4.53. The number of halogens is 3. The van der Waals surface area contributed by atoms with Gasteiger partial charge in [-0.05, 0) is 24.2 Å². The van der Waals surface area contributed by atoms with Gasteiger partial charge in [-0.1, -0.05) is 26.8 Å². The second-order valence-corrected chi connectivity index (χ2v) is 5.91. The zero-order valence-corrected chi connectivity index (χ0v) is 11.6. The number of nitrogens with one attached hydrogen (secondary N) is 1. The summed E-state index contributed by atoms with van der Waals surface area (Å²) in [4.78, 5) is 0.664. The average molecular weight is 277 g/mol. The van der Waals surface area contributed by atoms with Crippen LogP contribution in [0.1, 0.15) is 31.9 Å². The lowest BCUT2D eigenvalue weighted by Gasteiger charge is -2.15. The van der Waals surface area contributed by atoms with Gasteiger partial charge in [-0.15, -0.1) is 11.8 Å². The molecule has 0 aliphatic heterocycles. The molecule has 1 N–H and O–H groups in total. The normalized spacial score (nSPS) is 12.2. The van der Waals surface area contributed by atoms with Crippen molar-refractivity contribution in [3.63, 3.8) is 0 Å². The first-order valence-electron chi connectivity index (χ1n) is 5.92. The van der Waals surface area contributed by atoms with E-state index in [1.165, 1.54) is 17.8 Å². The second-order valence-electron chi connectivity index (χ2n) is 4.26. The molecule has 0 bridgehead atoms. The Hall–Kier alpha value is -0.680. The maximum atomic E-state index is 13.0. The van der Waals surface area contributed by atoms with Crippen LogP contribution in [0.25, 0.3) is 0 Å². The minimum Gasteiger partial charge on any atom is -0.313 e. The predicted octanol–water partition coefficient (Wildman–Crippen LogP) is 4.32. The molecule has 0 aliphatic rings. The number of hydrogen-bond acceptors (Lipinski definition) is 2. The molecule has 0 saturated carbocycles. The molecule has 0 spiro atoms. The molecule has 5 heteroatoms. The second kappa shape index (κ2) is 6.48. The Morgan fingerprint density at radius 3 is 2.44 bits per heavy atom. The molecule has 0 saturated heterocycles. The van der Waals surface area contributed by atoms with E-state index in [4.69, 9.17) is 0 Å². The monoisotopic (exact) mass is 277 g/mol. The van der Waals surface area contributed by atoms with Crippen molar-refractivity contribution < 1.29 is 13.2 Å². The van der Waals surface area contributed by atoms with Crippen LogP contribution >= 0.6 is 11.8 Å². The number of rotatable bonds is 5. The molecule has 0 unspecified atom stereocenters. The maximum Gasteiger partial charge on any atom is 0.416 e. The lowest BCUT2D eigenvalue weighted by molar-refractivity contribution is -0.138. The van der Waals surface area contributed by atoms with Crippen LogP contribution in [0.5, 0.6) is 0 Å². The third-order valence-corrected chi connectivity index (χ3v) is 3.32. The smallest absolute Gasteiger partial charge is 0.313 e. The van der Waals surface area contributed by atoms with Gasteiger partial charge in [0.05, 0.1) is 5.56 Å². The van der Waals surface area contributed by atoms with Crippen molar-refractivity contribution >= 4 is 11.8 Å². The Balaban J connectivity index is 3.04. The van der Waals surface area contributed by atoms with Gasteiger partial charge in [0.1, 0.15) is 0 Å². The van der Waals surface area contributed by atoms with Gasteiger partial charge in [-0.25, -0.2) is 0 Å². The molecule has 1 nitrogen and oxygen atoms in total. The van der Waals surface area contributed by atoms with Crippen molar-refractivity contribution in [1.82, 2.24) is 5.32 Å². The van der Waals surface area contributed by atoms with E-state index >= 15 is 0 Å². The van der Waals surface area contributed by atoms with Gasteiger partial charge in [0.2, 0.25) is 0 Å². The molecule has 0 atom stereocenters. The fraction of sp³-hybridized carbons (Fsp3) is 0.538. The molecule has 18 heavy (non-hydrogen) atoms. The van der Waals surface area contributed by atoms with Crippen molar-refractivity contribution in [1.29, 1.82) is 0 Å². The molecule has 0 aliphatic carbocycles. The maximum absolute atomic E-state index is 13.0. The summed E-state index contributed by atoms with van der Waals surface area (Å²) in [5.41, 5.74) is -0.230. The number of alkyl halides is 3. The summed E-state index contributed by atoms with van der Waals surface area (Å²) in [6.45, 7) is 6.70.